The molecular formula is C14H16N2O. The van der Waals surface area contributed by atoms with Gasteiger partial charge in [0.25, 0.3) is 0 Å². The lowest BCUT2D eigenvalue weighted by atomic mass is 10.2. The fourth-order valence-electron chi connectivity index (χ4n) is 1.70. The van der Waals surface area contributed by atoms with E-state index in [0.29, 0.717) is 0 Å². The second-order valence-corrected chi connectivity index (χ2v) is 3.59. The van der Waals surface area contributed by atoms with Gasteiger partial charge in [0.1, 0.15) is 11.4 Å². The second-order valence-electron chi connectivity index (χ2n) is 3.59. The molecule has 0 spiro atoms. The van der Waals surface area contributed by atoms with Crippen LogP contribution in [-0.2, 0) is 0 Å². The highest BCUT2D eigenvalue weighted by Gasteiger charge is 2.07. The van der Waals surface area contributed by atoms with E-state index < -0.39 is 0 Å². The van der Waals surface area contributed by atoms with E-state index in [1.165, 1.54) is 0 Å². The minimum absolute atomic E-state index is 0.811. The molecule has 0 aromatic heterocycles. The van der Waals surface area contributed by atoms with Gasteiger partial charge in [0, 0.05) is 14.1 Å². The van der Waals surface area contributed by atoms with Crippen molar-refractivity contribution in [2.75, 3.05) is 24.7 Å². The lowest BCUT2D eigenvalue weighted by Crippen LogP contribution is -1.99. The Morgan fingerprint density at radius 1 is 0.824 bits per heavy atom. The van der Waals surface area contributed by atoms with Crippen molar-refractivity contribution in [3.63, 3.8) is 0 Å². The highest BCUT2D eigenvalue weighted by Crippen LogP contribution is 2.34. The first-order valence-electron chi connectivity index (χ1n) is 5.56. The first kappa shape index (κ1) is 11.3. The molecule has 17 heavy (non-hydrogen) atoms. The zero-order chi connectivity index (χ0) is 12.1. The van der Waals surface area contributed by atoms with Gasteiger partial charge in [-0.15, -0.1) is 0 Å². The highest BCUT2D eigenvalue weighted by atomic mass is 16.5. The molecule has 3 heteroatoms. The summed E-state index contributed by atoms with van der Waals surface area (Å²) >= 11 is 0. The maximum Gasteiger partial charge on any atom is 0.152 e. The van der Waals surface area contributed by atoms with E-state index in [-0.39, 0.29) is 0 Å². The predicted molar refractivity (Wildman–Crippen MR) is 72.1 cm³/mol. The summed E-state index contributed by atoms with van der Waals surface area (Å²) in [6, 6.07) is 15.7. The van der Waals surface area contributed by atoms with Crippen molar-refractivity contribution >= 4 is 11.4 Å². The Bertz CT molecular complexity index is 483. The lowest BCUT2D eigenvalue weighted by molar-refractivity contribution is 0.485. The van der Waals surface area contributed by atoms with Crippen LogP contribution in [0.25, 0.3) is 0 Å². The van der Waals surface area contributed by atoms with Crippen molar-refractivity contribution in [2.24, 2.45) is 0 Å². The largest absolute Gasteiger partial charge is 0.455 e. The summed E-state index contributed by atoms with van der Waals surface area (Å²) in [5, 5.41) is 6.28. The molecule has 0 aliphatic rings. The summed E-state index contributed by atoms with van der Waals surface area (Å²) in [7, 11) is 3.77. The number of anilines is 2. The lowest BCUT2D eigenvalue weighted by Gasteiger charge is -2.14. The van der Waals surface area contributed by atoms with E-state index in [0.717, 1.165) is 22.9 Å². The van der Waals surface area contributed by atoms with Gasteiger partial charge in [-0.3, -0.25) is 0 Å². The molecule has 2 aromatic rings. The molecule has 2 N–H and O–H groups in total. The third-order valence-corrected chi connectivity index (χ3v) is 2.52. The molecule has 3 nitrogen and oxygen atoms in total. The molecule has 0 aliphatic carbocycles. The van der Waals surface area contributed by atoms with E-state index in [1.807, 2.05) is 62.6 Å². The number of ether oxygens (including phenoxy) is 1. The average molecular weight is 228 g/mol. The maximum atomic E-state index is 5.84. The average Bonchev–Trinajstić information content (AvgIpc) is 2.39. The standard InChI is InChI=1S/C14H16N2O/c1-15-12-9-6-10-13(14(12)16-2)17-11-7-4-3-5-8-11/h3-10,15-16H,1-2H3. The zero-order valence-corrected chi connectivity index (χ0v) is 10.0. The molecule has 0 saturated heterocycles. The smallest absolute Gasteiger partial charge is 0.152 e. The molecular weight excluding hydrogens is 212 g/mol. The highest BCUT2D eigenvalue weighted by molar-refractivity contribution is 5.75. The molecule has 0 unspecified atom stereocenters. The summed E-state index contributed by atoms with van der Waals surface area (Å²) in [6.07, 6.45) is 0. The first-order valence-corrected chi connectivity index (χ1v) is 5.56. The molecule has 0 heterocycles. The van der Waals surface area contributed by atoms with Gasteiger partial charge in [-0.05, 0) is 24.3 Å². The number of nitrogens with one attached hydrogen (secondary N) is 2. The van der Waals surface area contributed by atoms with Gasteiger partial charge in [0.2, 0.25) is 0 Å². The SMILES string of the molecule is CNc1cccc(Oc2ccccc2)c1NC. The summed E-state index contributed by atoms with van der Waals surface area (Å²) in [6.45, 7) is 0. The minimum atomic E-state index is 0.811. The Morgan fingerprint density at radius 3 is 2.24 bits per heavy atom. The molecule has 0 fully saturated rings. The normalized spacial score (nSPS) is 9.76. The number of rotatable bonds is 4. The van der Waals surface area contributed by atoms with E-state index in [4.69, 9.17) is 4.74 Å². The van der Waals surface area contributed by atoms with Crippen LogP contribution in [-0.4, -0.2) is 14.1 Å². The Balaban J connectivity index is 2.33. The van der Waals surface area contributed by atoms with Crippen molar-refractivity contribution < 1.29 is 4.74 Å². The van der Waals surface area contributed by atoms with Crippen LogP contribution >= 0.6 is 0 Å². The fraction of sp³-hybridized carbons (Fsp3) is 0.143. The number of para-hydroxylation sites is 2. The van der Waals surface area contributed by atoms with E-state index in [9.17, 15) is 0 Å². The Hall–Kier alpha value is -2.16. The van der Waals surface area contributed by atoms with Gasteiger partial charge < -0.3 is 15.4 Å². The monoisotopic (exact) mass is 228 g/mol. The van der Waals surface area contributed by atoms with Crippen molar-refractivity contribution in [1.29, 1.82) is 0 Å². The summed E-state index contributed by atoms with van der Waals surface area (Å²) in [4.78, 5) is 0. The third-order valence-electron chi connectivity index (χ3n) is 2.52. The second kappa shape index (κ2) is 5.25. The molecule has 2 aromatic carbocycles. The Kier molecular flexibility index (Phi) is 3.50. The van der Waals surface area contributed by atoms with Crippen LogP contribution in [0.1, 0.15) is 0 Å². The number of hydrogen-bond donors (Lipinski definition) is 2. The van der Waals surface area contributed by atoms with Crippen molar-refractivity contribution in [2.45, 2.75) is 0 Å². The molecule has 88 valence electrons. The van der Waals surface area contributed by atoms with E-state index >= 15 is 0 Å². The van der Waals surface area contributed by atoms with Crippen molar-refractivity contribution in [1.82, 2.24) is 0 Å². The van der Waals surface area contributed by atoms with Gasteiger partial charge in [-0.2, -0.15) is 0 Å². The maximum absolute atomic E-state index is 5.84. The summed E-state index contributed by atoms with van der Waals surface area (Å²) < 4.78 is 5.84. The molecule has 0 aliphatic heterocycles. The quantitative estimate of drug-likeness (QED) is 0.839. The molecule has 0 saturated carbocycles. The van der Waals surface area contributed by atoms with Crippen LogP contribution in [0.5, 0.6) is 11.5 Å². The molecule has 0 amide bonds. The van der Waals surface area contributed by atoms with Crippen molar-refractivity contribution in [3.05, 3.63) is 48.5 Å². The molecule has 0 radical (unpaired) electrons. The predicted octanol–water partition coefficient (Wildman–Crippen LogP) is 3.56. The van der Waals surface area contributed by atoms with Crippen molar-refractivity contribution in [3.8, 4) is 11.5 Å². The van der Waals surface area contributed by atoms with E-state index in [2.05, 4.69) is 10.6 Å². The van der Waals surface area contributed by atoms with Gasteiger partial charge in [-0.1, -0.05) is 24.3 Å². The summed E-state index contributed by atoms with van der Waals surface area (Å²) in [5.74, 6) is 1.64. The van der Waals surface area contributed by atoms with Crippen LogP contribution in [0.3, 0.4) is 0 Å². The molecule has 2 rings (SSSR count). The van der Waals surface area contributed by atoms with Crippen LogP contribution in [0.4, 0.5) is 11.4 Å². The first-order chi connectivity index (χ1) is 8.35. The van der Waals surface area contributed by atoms with Crippen LogP contribution in [0.2, 0.25) is 0 Å². The zero-order valence-electron chi connectivity index (χ0n) is 10.0. The number of benzene rings is 2. The molecule has 0 bridgehead atoms. The van der Waals surface area contributed by atoms with Gasteiger partial charge in [0.05, 0.1) is 5.69 Å². The van der Waals surface area contributed by atoms with Crippen LogP contribution < -0.4 is 15.4 Å². The minimum Gasteiger partial charge on any atom is -0.455 e. The Labute approximate surface area is 101 Å². The summed E-state index contributed by atoms with van der Waals surface area (Å²) in [5.41, 5.74) is 1.97. The van der Waals surface area contributed by atoms with Gasteiger partial charge in [0.15, 0.2) is 5.75 Å². The van der Waals surface area contributed by atoms with Gasteiger partial charge in [-0.25, -0.2) is 0 Å². The Morgan fingerprint density at radius 2 is 1.59 bits per heavy atom. The van der Waals surface area contributed by atoms with Crippen LogP contribution in [0.15, 0.2) is 48.5 Å². The third kappa shape index (κ3) is 2.50. The van der Waals surface area contributed by atoms with Gasteiger partial charge >= 0.3 is 0 Å². The van der Waals surface area contributed by atoms with E-state index in [1.54, 1.807) is 0 Å². The fourth-order valence-corrected chi connectivity index (χ4v) is 1.70. The number of hydrogen-bond acceptors (Lipinski definition) is 3. The molecule has 0 atom stereocenters. The van der Waals surface area contributed by atoms with Crippen LogP contribution in [0, 0.1) is 0 Å². The topological polar surface area (TPSA) is 33.3 Å².